The molecule has 102 valence electrons. The topological polar surface area (TPSA) is 63.0 Å². The van der Waals surface area contributed by atoms with Gasteiger partial charge in [-0.2, -0.15) is 0 Å². The average molecular weight is 252 g/mol. The van der Waals surface area contributed by atoms with Crippen molar-refractivity contribution in [2.75, 3.05) is 11.9 Å². The van der Waals surface area contributed by atoms with Crippen LogP contribution in [0.1, 0.15) is 52.3 Å². The molecule has 0 amide bonds. The van der Waals surface area contributed by atoms with Gasteiger partial charge in [0.1, 0.15) is 0 Å². The van der Waals surface area contributed by atoms with Crippen molar-refractivity contribution in [3.8, 4) is 0 Å². The summed E-state index contributed by atoms with van der Waals surface area (Å²) >= 11 is 0. The Kier molecular flexibility index (Phi) is 4.22. The summed E-state index contributed by atoms with van der Waals surface area (Å²) in [5, 5.41) is 14.8. The number of hydrogen-bond donors (Lipinski definition) is 2. The zero-order valence-electron chi connectivity index (χ0n) is 11.6. The zero-order chi connectivity index (χ0) is 13.0. The van der Waals surface area contributed by atoms with Crippen LogP contribution in [0.5, 0.6) is 0 Å². The summed E-state index contributed by atoms with van der Waals surface area (Å²) in [5.74, 6) is 1.28. The smallest absolute Gasteiger partial charge is 0.315 e. The molecule has 2 N–H and O–H groups in total. The van der Waals surface area contributed by atoms with Gasteiger partial charge in [0.2, 0.25) is 5.89 Å². The van der Waals surface area contributed by atoms with Crippen molar-refractivity contribution in [2.45, 2.75) is 58.5 Å². The van der Waals surface area contributed by atoms with Crippen LogP contribution in [0, 0.1) is 5.92 Å². The summed E-state index contributed by atoms with van der Waals surface area (Å²) in [6, 6.07) is 0.567. The molecule has 0 bridgehead atoms. The van der Waals surface area contributed by atoms with Crippen LogP contribution in [-0.4, -0.2) is 22.3 Å². The minimum atomic E-state index is 0.204. The Labute approximate surface area is 109 Å². The van der Waals surface area contributed by atoms with Crippen molar-refractivity contribution in [1.82, 2.24) is 15.5 Å². The number of hydrogen-bond acceptors (Lipinski definition) is 5. The van der Waals surface area contributed by atoms with Crippen molar-refractivity contribution in [3.05, 3.63) is 5.89 Å². The minimum Gasteiger partial charge on any atom is -0.407 e. The average Bonchev–Trinajstić information content (AvgIpc) is 2.71. The molecule has 1 saturated carbocycles. The summed E-state index contributed by atoms with van der Waals surface area (Å²) in [7, 11) is 0. The molecule has 0 unspecified atom stereocenters. The van der Waals surface area contributed by atoms with Gasteiger partial charge in [-0.15, -0.1) is 5.10 Å². The molecule has 18 heavy (non-hydrogen) atoms. The minimum absolute atomic E-state index is 0.204. The maximum atomic E-state index is 5.60. The van der Waals surface area contributed by atoms with Gasteiger partial charge in [0.25, 0.3) is 0 Å². The molecule has 0 spiro atoms. The Morgan fingerprint density at radius 3 is 2.67 bits per heavy atom. The van der Waals surface area contributed by atoms with E-state index in [1.54, 1.807) is 0 Å². The molecule has 5 heteroatoms. The fraction of sp³-hybridized carbons (Fsp3) is 0.846. The lowest BCUT2D eigenvalue weighted by Gasteiger charge is -2.41. The molecule has 0 aliphatic heterocycles. The Balaban J connectivity index is 1.82. The predicted octanol–water partition coefficient (Wildman–Crippen LogP) is 2.56. The molecular formula is C13H24N4O. The Morgan fingerprint density at radius 2 is 2.11 bits per heavy atom. The van der Waals surface area contributed by atoms with Crippen LogP contribution in [0.25, 0.3) is 0 Å². The molecule has 0 radical (unpaired) electrons. The molecule has 1 aromatic heterocycles. The van der Waals surface area contributed by atoms with E-state index >= 15 is 0 Å². The Bertz CT molecular complexity index is 365. The SMILES string of the molecule is CCC1(Nc2nnc(CNCC(C)C)o2)CCC1. The largest absolute Gasteiger partial charge is 0.407 e. The van der Waals surface area contributed by atoms with E-state index in [9.17, 15) is 0 Å². The molecule has 1 aliphatic carbocycles. The van der Waals surface area contributed by atoms with Crippen LogP contribution in [0.4, 0.5) is 6.01 Å². The first-order valence-corrected chi connectivity index (χ1v) is 6.95. The van der Waals surface area contributed by atoms with Crippen molar-refractivity contribution < 1.29 is 4.42 Å². The first kappa shape index (κ1) is 13.3. The van der Waals surface area contributed by atoms with Gasteiger partial charge in [-0.05, 0) is 38.1 Å². The second-order valence-corrected chi connectivity index (χ2v) is 5.64. The lowest BCUT2D eigenvalue weighted by Crippen LogP contribution is -2.44. The molecule has 0 saturated heterocycles. The fourth-order valence-electron chi connectivity index (χ4n) is 2.24. The Hall–Kier alpha value is -1.10. The molecule has 1 aliphatic rings. The van der Waals surface area contributed by atoms with Crippen LogP contribution in [0.3, 0.4) is 0 Å². The molecule has 5 nitrogen and oxygen atoms in total. The van der Waals surface area contributed by atoms with Gasteiger partial charge in [-0.1, -0.05) is 25.9 Å². The third-order valence-corrected chi connectivity index (χ3v) is 3.66. The first-order valence-electron chi connectivity index (χ1n) is 6.95. The highest BCUT2D eigenvalue weighted by molar-refractivity contribution is 5.26. The van der Waals surface area contributed by atoms with E-state index in [0.717, 1.165) is 13.0 Å². The van der Waals surface area contributed by atoms with E-state index in [-0.39, 0.29) is 5.54 Å². The second kappa shape index (κ2) is 5.69. The highest BCUT2D eigenvalue weighted by atomic mass is 16.4. The summed E-state index contributed by atoms with van der Waals surface area (Å²) in [6.45, 7) is 8.16. The molecule has 1 heterocycles. The standard InChI is InChI=1S/C13H24N4O/c1-4-13(6-5-7-13)15-12-17-16-11(18-12)9-14-8-10(2)3/h10,14H,4-9H2,1-3H3,(H,15,17). The van der Waals surface area contributed by atoms with Crippen molar-refractivity contribution >= 4 is 6.01 Å². The molecule has 0 aromatic carbocycles. The summed E-state index contributed by atoms with van der Waals surface area (Å²) in [4.78, 5) is 0. The van der Waals surface area contributed by atoms with Crippen LogP contribution in [0.2, 0.25) is 0 Å². The third-order valence-electron chi connectivity index (χ3n) is 3.66. The van der Waals surface area contributed by atoms with Gasteiger partial charge < -0.3 is 15.1 Å². The molecule has 0 atom stereocenters. The maximum absolute atomic E-state index is 5.60. The number of aromatic nitrogens is 2. The zero-order valence-corrected chi connectivity index (χ0v) is 11.6. The number of anilines is 1. The highest BCUT2D eigenvalue weighted by Crippen LogP contribution is 2.37. The Morgan fingerprint density at radius 1 is 1.33 bits per heavy atom. The van der Waals surface area contributed by atoms with Crippen LogP contribution in [-0.2, 0) is 6.54 Å². The molecule has 1 fully saturated rings. The molecule has 2 rings (SSSR count). The monoisotopic (exact) mass is 252 g/mol. The molecule has 1 aromatic rings. The van der Waals surface area contributed by atoms with Gasteiger partial charge >= 0.3 is 6.01 Å². The van der Waals surface area contributed by atoms with E-state index in [1.165, 1.54) is 19.3 Å². The summed E-state index contributed by atoms with van der Waals surface area (Å²) < 4.78 is 5.60. The normalized spacial score (nSPS) is 17.8. The van der Waals surface area contributed by atoms with E-state index in [1.807, 2.05) is 0 Å². The predicted molar refractivity (Wildman–Crippen MR) is 71.3 cm³/mol. The van der Waals surface area contributed by atoms with Crippen molar-refractivity contribution in [3.63, 3.8) is 0 Å². The van der Waals surface area contributed by atoms with E-state index < -0.39 is 0 Å². The maximum Gasteiger partial charge on any atom is 0.315 e. The first-order chi connectivity index (χ1) is 8.63. The van der Waals surface area contributed by atoms with Crippen molar-refractivity contribution in [1.29, 1.82) is 0 Å². The quantitative estimate of drug-likeness (QED) is 0.781. The van der Waals surface area contributed by atoms with E-state index in [2.05, 4.69) is 41.6 Å². The molecular weight excluding hydrogens is 228 g/mol. The fourth-order valence-corrected chi connectivity index (χ4v) is 2.24. The highest BCUT2D eigenvalue weighted by Gasteiger charge is 2.36. The van der Waals surface area contributed by atoms with E-state index in [0.29, 0.717) is 24.4 Å². The van der Waals surface area contributed by atoms with Crippen LogP contribution >= 0.6 is 0 Å². The number of nitrogens with zero attached hydrogens (tertiary/aromatic N) is 2. The van der Waals surface area contributed by atoms with Crippen LogP contribution in [0.15, 0.2) is 4.42 Å². The number of rotatable bonds is 7. The summed E-state index contributed by atoms with van der Waals surface area (Å²) in [6.07, 6.45) is 4.80. The van der Waals surface area contributed by atoms with Gasteiger partial charge in [0.15, 0.2) is 0 Å². The van der Waals surface area contributed by atoms with E-state index in [4.69, 9.17) is 4.42 Å². The van der Waals surface area contributed by atoms with Gasteiger partial charge in [-0.25, -0.2) is 0 Å². The van der Waals surface area contributed by atoms with Gasteiger partial charge in [0.05, 0.1) is 6.54 Å². The van der Waals surface area contributed by atoms with Gasteiger partial charge in [0, 0.05) is 5.54 Å². The lowest BCUT2D eigenvalue weighted by atomic mass is 9.75. The van der Waals surface area contributed by atoms with Crippen molar-refractivity contribution in [2.24, 2.45) is 5.92 Å². The second-order valence-electron chi connectivity index (χ2n) is 5.64. The van der Waals surface area contributed by atoms with Gasteiger partial charge in [-0.3, -0.25) is 0 Å². The number of nitrogens with one attached hydrogen (secondary N) is 2. The lowest BCUT2D eigenvalue weighted by molar-refractivity contribution is 0.261. The van der Waals surface area contributed by atoms with Crippen LogP contribution < -0.4 is 10.6 Å². The third kappa shape index (κ3) is 3.22. The summed E-state index contributed by atoms with van der Waals surface area (Å²) in [5.41, 5.74) is 0.204.